The van der Waals surface area contributed by atoms with Gasteiger partial charge in [-0.05, 0) is 22.0 Å². The van der Waals surface area contributed by atoms with Crippen molar-refractivity contribution in [2.45, 2.75) is 0 Å². The molecule has 0 spiro atoms. The fourth-order valence-corrected chi connectivity index (χ4v) is 1.61. The molecule has 1 amide bonds. The molecule has 1 aromatic heterocycles. The van der Waals surface area contributed by atoms with Crippen LogP contribution in [-0.4, -0.2) is 44.2 Å². The molecule has 0 aliphatic rings. The molecule has 1 heterocycles. The second kappa shape index (κ2) is 8.02. The third-order valence-corrected chi connectivity index (χ3v) is 2.78. The first-order chi connectivity index (χ1) is 8.65. The fourth-order valence-electron chi connectivity index (χ4n) is 1.25. The minimum absolute atomic E-state index is 0.222. The molecule has 0 atom stereocenters. The van der Waals surface area contributed by atoms with Crippen molar-refractivity contribution in [1.82, 2.24) is 15.6 Å². The molecule has 0 saturated carbocycles. The van der Waals surface area contributed by atoms with Gasteiger partial charge in [0, 0.05) is 32.9 Å². The van der Waals surface area contributed by atoms with Crippen LogP contribution in [-0.2, 0) is 4.74 Å². The summed E-state index contributed by atoms with van der Waals surface area (Å²) in [5.41, 5.74) is 0.158. The van der Waals surface area contributed by atoms with Gasteiger partial charge in [-0.3, -0.25) is 9.59 Å². The van der Waals surface area contributed by atoms with Crippen molar-refractivity contribution in [1.29, 1.82) is 0 Å². The van der Waals surface area contributed by atoms with Gasteiger partial charge in [-0.2, -0.15) is 0 Å². The van der Waals surface area contributed by atoms with Gasteiger partial charge in [0.25, 0.3) is 11.5 Å². The summed E-state index contributed by atoms with van der Waals surface area (Å²) in [6.45, 7) is 2.57. The van der Waals surface area contributed by atoms with Crippen molar-refractivity contribution in [3.05, 3.63) is 32.7 Å². The highest BCUT2D eigenvalue weighted by Crippen LogP contribution is 2.04. The highest BCUT2D eigenvalue weighted by molar-refractivity contribution is 9.10. The number of H-pyrrole nitrogens is 1. The Morgan fingerprint density at radius 1 is 1.44 bits per heavy atom. The van der Waals surface area contributed by atoms with Crippen LogP contribution >= 0.6 is 15.9 Å². The number of amides is 1. The number of carbonyl (C=O) groups is 1. The summed E-state index contributed by atoms with van der Waals surface area (Å²) in [5.74, 6) is -0.222. The summed E-state index contributed by atoms with van der Waals surface area (Å²) in [5, 5.41) is 5.84. The molecule has 0 bridgehead atoms. The predicted molar refractivity (Wildman–Crippen MR) is 71.8 cm³/mol. The molecule has 0 radical (unpaired) electrons. The molecule has 18 heavy (non-hydrogen) atoms. The monoisotopic (exact) mass is 317 g/mol. The highest BCUT2D eigenvalue weighted by Gasteiger charge is 2.06. The van der Waals surface area contributed by atoms with E-state index in [0.29, 0.717) is 29.7 Å². The average Bonchev–Trinajstić information content (AvgIpc) is 2.36. The second-order valence-corrected chi connectivity index (χ2v) is 4.42. The lowest BCUT2D eigenvalue weighted by molar-refractivity contribution is 0.0953. The van der Waals surface area contributed by atoms with Gasteiger partial charge in [-0.25, -0.2) is 0 Å². The van der Waals surface area contributed by atoms with Crippen molar-refractivity contribution in [3.63, 3.8) is 0 Å². The van der Waals surface area contributed by atoms with Crippen molar-refractivity contribution in [3.8, 4) is 0 Å². The van der Waals surface area contributed by atoms with E-state index in [-0.39, 0.29) is 11.5 Å². The Morgan fingerprint density at radius 3 is 2.89 bits per heavy atom. The number of rotatable bonds is 7. The number of nitrogens with one attached hydrogen (secondary N) is 3. The molecule has 0 aromatic carbocycles. The fraction of sp³-hybridized carbons (Fsp3) is 0.455. The lowest BCUT2D eigenvalue weighted by atomic mass is 10.2. The van der Waals surface area contributed by atoms with Gasteiger partial charge in [-0.1, -0.05) is 0 Å². The number of pyridine rings is 1. The third-order valence-electron chi connectivity index (χ3n) is 2.19. The second-order valence-electron chi connectivity index (χ2n) is 3.56. The van der Waals surface area contributed by atoms with Gasteiger partial charge >= 0.3 is 0 Å². The largest absolute Gasteiger partial charge is 0.383 e. The Kier molecular flexibility index (Phi) is 6.63. The minimum atomic E-state index is -0.257. The van der Waals surface area contributed by atoms with E-state index in [1.807, 2.05) is 0 Å². The number of hydrogen-bond acceptors (Lipinski definition) is 4. The molecule has 0 saturated heterocycles. The average molecular weight is 318 g/mol. The van der Waals surface area contributed by atoms with Gasteiger partial charge in [0.15, 0.2) is 0 Å². The van der Waals surface area contributed by atoms with Crippen LogP contribution in [0.1, 0.15) is 10.4 Å². The van der Waals surface area contributed by atoms with Gasteiger partial charge in [-0.15, -0.1) is 0 Å². The van der Waals surface area contributed by atoms with Crippen LogP contribution in [0.15, 0.2) is 21.5 Å². The molecule has 7 heteroatoms. The maximum atomic E-state index is 11.7. The molecule has 0 unspecified atom stereocenters. The van der Waals surface area contributed by atoms with E-state index in [2.05, 4.69) is 31.5 Å². The third kappa shape index (κ3) is 4.99. The van der Waals surface area contributed by atoms with Gasteiger partial charge < -0.3 is 20.4 Å². The van der Waals surface area contributed by atoms with E-state index < -0.39 is 0 Å². The van der Waals surface area contributed by atoms with Gasteiger partial charge in [0.2, 0.25) is 0 Å². The minimum Gasteiger partial charge on any atom is -0.383 e. The summed E-state index contributed by atoms with van der Waals surface area (Å²) in [7, 11) is 1.64. The molecule has 6 nitrogen and oxygen atoms in total. The molecule has 1 rings (SSSR count). The van der Waals surface area contributed by atoms with E-state index in [9.17, 15) is 9.59 Å². The smallest absolute Gasteiger partial charge is 0.262 e. The van der Waals surface area contributed by atoms with E-state index in [1.165, 1.54) is 12.3 Å². The molecule has 100 valence electrons. The first-order valence-electron chi connectivity index (χ1n) is 5.51. The Hall–Kier alpha value is -1.18. The molecular formula is C11H16BrN3O3. The molecular weight excluding hydrogens is 302 g/mol. The van der Waals surface area contributed by atoms with Crippen molar-refractivity contribution in [2.75, 3.05) is 33.4 Å². The molecule has 1 aromatic rings. The SMILES string of the molecule is COCCNCCNC(=O)c1c[nH]c(=O)c(Br)c1. The Morgan fingerprint density at radius 2 is 2.22 bits per heavy atom. The Bertz CT molecular complexity index is 447. The summed E-state index contributed by atoms with van der Waals surface area (Å²) < 4.78 is 5.22. The first-order valence-corrected chi connectivity index (χ1v) is 6.30. The normalized spacial score (nSPS) is 10.3. The Labute approximate surface area is 113 Å². The van der Waals surface area contributed by atoms with Gasteiger partial charge in [0.05, 0.1) is 16.6 Å². The zero-order valence-corrected chi connectivity index (χ0v) is 11.7. The van der Waals surface area contributed by atoms with E-state index in [1.54, 1.807) is 7.11 Å². The number of halogens is 1. The van der Waals surface area contributed by atoms with E-state index >= 15 is 0 Å². The van der Waals surface area contributed by atoms with Crippen LogP contribution in [0.3, 0.4) is 0 Å². The maximum absolute atomic E-state index is 11.7. The molecule has 0 aliphatic heterocycles. The van der Waals surface area contributed by atoms with Crippen molar-refractivity contribution >= 4 is 21.8 Å². The van der Waals surface area contributed by atoms with Crippen LogP contribution in [0.2, 0.25) is 0 Å². The molecule has 3 N–H and O–H groups in total. The number of methoxy groups -OCH3 is 1. The van der Waals surface area contributed by atoms with Crippen LogP contribution < -0.4 is 16.2 Å². The molecule has 0 fully saturated rings. The summed E-state index contributed by atoms with van der Waals surface area (Å²) in [6.07, 6.45) is 1.39. The quantitative estimate of drug-likeness (QED) is 0.623. The first kappa shape index (κ1) is 14.9. The zero-order chi connectivity index (χ0) is 13.4. The number of hydrogen-bond donors (Lipinski definition) is 3. The predicted octanol–water partition coefficient (Wildman–Crippen LogP) is 0.103. The van der Waals surface area contributed by atoms with Crippen LogP contribution in [0, 0.1) is 0 Å². The highest BCUT2D eigenvalue weighted by atomic mass is 79.9. The lowest BCUT2D eigenvalue weighted by Gasteiger charge is -2.06. The standard InChI is InChI=1S/C11H16BrN3O3/c1-18-5-4-13-2-3-14-10(16)8-6-9(12)11(17)15-7-8/h6-7,13H,2-5H2,1H3,(H,14,16)(H,15,17). The van der Waals surface area contributed by atoms with E-state index in [4.69, 9.17) is 4.74 Å². The topological polar surface area (TPSA) is 83.2 Å². The molecule has 0 aliphatic carbocycles. The zero-order valence-electron chi connectivity index (χ0n) is 10.1. The van der Waals surface area contributed by atoms with Crippen LogP contribution in [0.5, 0.6) is 0 Å². The van der Waals surface area contributed by atoms with E-state index in [0.717, 1.165) is 6.54 Å². The van der Waals surface area contributed by atoms with Crippen LogP contribution in [0.25, 0.3) is 0 Å². The van der Waals surface area contributed by atoms with Crippen molar-refractivity contribution in [2.24, 2.45) is 0 Å². The number of aromatic amines is 1. The Balaban J connectivity index is 2.32. The lowest BCUT2D eigenvalue weighted by Crippen LogP contribution is -2.33. The number of ether oxygens (including phenoxy) is 1. The van der Waals surface area contributed by atoms with Crippen molar-refractivity contribution < 1.29 is 9.53 Å². The maximum Gasteiger partial charge on any atom is 0.262 e. The van der Waals surface area contributed by atoms with Crippen LogP contribution in [0.4, 0.5) is 0 Å². The summed E-state index contributed by atoms with van der Waals surface area (Å²) in [4.78, 5) is 25.3. The van der Waals surface area contributed by atoms with Gasteiger partial charge in [0.1, 0.15) is 0 Å². The number of carbonyl (C=O) groups excluding carboxylic acids is 1. The summed E-state index contributed by atoms with van der Waals surface area (Å²) >= 11 is 3.07. The number of aromatic nitrogens is 1. The summed E-state index contributed by atoms with van der Waals surface area (Å²) in [6, 6.07) is 1.49.